The molecule has 1 heterocycles. The molecule has 0 bridgehead atoms. The fraction of sp³-hybridized carbons (Fsp3) is 1.00. The van der Waals surface area contributed by atoms with Crippen molar-refractivity contribution in [3.8, 4) is 0 Å². The van der Waals surface area contributed by atoms with Gasteiger partial charge in [-0.2, -0.15) is 4.31 Å². The molecule has 1 aliphatic rings. The van der Waals surface area contributed by atoms with Gasteiger partial charge in [0.2, 0.25) is 10.0 Å². The van der Waals surface area contributed by atoms with Crippen molar-refractivity contribution >= 4 is 10.0 Å². The zero-order valence-electron chi connectivity index (χ0n) is 11.2. The number of ether oxygens (including phenoxy) is 1. The lowest BCUT2D eigenvalue weighted by molar-refractivity contribution is -0.00296. The van der Waals surface area contributed by atoms with Crippen LogP contribution in [0.1, 0.15) is 27.7 Å². The van der Waals surface area contributed by atoms with Gasteiger partial charge in [0.05, 0.1) is 18.5 Å². The number of hydrogen-bond acceptors (Lipinski definition) is 4. The zero-order chi connectivity index (χ0) is 13.1. The molecule has 0 radical (unpaired) electrons. The third kappa shape index (κ3) is 4.91. The van der Waals surface area contributed by atoms with Gasteiger partial charge in [-0.05, 0) is 27.7 Å². The molecule has 1 fully saturated rings. The second-order valence-electron chi connectivity index (χ2n) is 5.38. The predicted molar refractivity (Wildman–Crippen MR) is 68.5 cm³/mol. The summed E-state index contributed by atoms with van der Waals surface area (Å²) in [5.41, 5.74) is 0.0231. The molecule has 1 saturated heterocycles. The Kier molecular flexibility index (Phi) is 4.95. The largest absolute Gasteiger partial charge is 0.374 e. The first kappa shape index (κ1) is 14.9. The fourth-order valence-electron chi connectivity index (χ4n) is 1.67. The molecular weight excluding hydrogens is 240 g/mol. The third-order valence-electron chi connectivity index (χ3n) is 2.72. The number of hydrogen-bond donors (Lipinski definition) is 1. The number of rotatable bonds is 4. The minimum atomic E-state index is -3.08. The van der Waals surface area contributed by atoms with Crippen LogP contribution in [0, 0.1) is 0 Å². The Labute approximate surface area is 105 Å². The topological polar surface area (TPSA) is 58.6 Å². The van der Waals surface area contributed by atoms with Crippen LogP contribution in [0.4, 0.5) is 0 Å². The van der Waals surface area contributed by atoms with Crippen molar-refractivity contribution in [1.29, 1.82) is 0 Å². The van der Waals surface area contributed by atoms with Crippen molar-refractivity contribution in [2.45, 2.75) is 39.3 Å². The Balaban J connectivity index is 2.50. The highest BCUT2D eigenvalue weighted by atomic mass is 32.2. The van der Waals surface area contributed by atoms with E-state index in [1.54, 1.807) is 6.92 Å². The van der Waals surface area contributed by atoms with Crippen LogP contribution >= 0.6 is 0 Å². The highest BCUT2D eigenvalue weighted by Gasteiger charge is 2.28. The van der Waals surface area contributed by atoms with E-state index in [0.29, 0.717) is 26.2 Å². The first-order valence-electron chi connectivity index (χ1n) is 6.09. The van der Waals surface area contributed by atoms with Crippen molar-refractivity contribution in [3.63, 3.8) is 0 Å². The minimum Gasteiger partial charge on any atom is -0.374 e. The van der Waals surface area contributed by atoms with Crippen LogP contribution in [0.2, 0.25) is 0 Å². The van der Waals surface area contributed by atoms with Gasteiger partial charge in [0.25, 0.3) is 0 Å². The second kappa shape index (κ2) is 5.65. The number of nitrogens with zero attached hydrogens (tertiary/aromatic N) is 1. The standard InChI is InChI=1S/C11H24N2O3S/c1-5-17(14,15)13-6-7-16-10(9-13)8-12-11(2,3)4/h10,12H,5-9H2,1-4H3/t10-/m0/s1. The van der Waals surface area contributed by atoms with E-state index in [1.807, 2.05) is 0 Å². The maximum absolute atomic E-state index is 11.8. The molecule has 0 saturated carbocycles. The van der Waals surface area contributed by atoms with E-state index >= 15 is 0 Å². The van der Waals surface area contributed by atoms with E-state index in [0.717, 1.165) is 0 Å². The Bertz CT molecular complexity index is 335. The summed E-state index contributed by atoms with van der Waals surface area (Å²) in [6.07, 6.45) is -0.0516. The van der Waals surface area contributed by atoms with Crippen molar-refractivity contribution in [1.82, 2.24) is 9.62 Å². The molecule has 0 spiro atoms. The van der Waals surface area contributed by atoms with Crippen LogP contribution < -0.4 is 5.32 Å². The van der Waals surface area contributed by atoms with E-state index in [9.17, 15) is 8.42 Å². The van der Waals surface area contributed by atoms with E-state index in [1.165, 1.54) is 4.31 Å². The molecular formula is C11H24N2O3S. The van der Waals surface area contributed by atoms with Gasteiger partial charge in [-0.25, -0.2) is 8.42 Å². The average Bonchev–Trinajstić information content (AvgIpc) is 2.26. The highest BCUT2D eigenvalue weighted by Crippen LogP contribution is 2.11. The van der Waals surface area contributed by atoms with Crippen molar-refractivity contribution < 1.29 is 13.2 Å². The summed E-state index contributed by atoms with van der Waals surface area (Å²) in [4.78, 5) is 0. The molecule has 17 heavy (non-hydrogen) atoms. The van der Waals surface area contributed by atoms with Crippen LogP contribution in [0.3, 0.4) is 0 Å². The van der Waals surface area contributed by atoms with Gasteiger partial charge >= 0.3 is 0 Å². The van der Waals surface area contributed by atoms with Crippen molar-refractivity contribution in [2.75, 3.05) is 32.0 Å². The molecule has 0 aliphatic carbocycles. The van der Waals surface area contributed by atoms with E-state index in [4.69, 9.17) is 4.74 Å². The molecule has 0 aromatic heterocycles. The fourth-order valence-corrected chi connectivity index (χ4v) is 2.78. The highest BCUT2D eigenvalue weighted by molar-refractivity contribution is 7.89. The smallest absolute Gasteiger partial charge is 0.213 e. The summed E-state index contributed by atoms with van der Waals surface area (Å²) in [6, 6.07) is 0. The van der Waals surface area contributed by atoms with E-state index in [-0.39, 0.29) is 17.4 Å². The Morgan fingerprint density at radius 2 is 2.06 bits per heavy atom. The van der Waals surface area contributed by atoms with E-state index < -0.39 is 10.0 Å². The molecule has 0 amide bonds. The van der Waals surface area contributed by atoms with Gasteiger partial charge in [-0.3, -0.25) is 0 Å². The van der Waals surface area contributed by atoms with E-state index in [2.05, 4.69) is 26.1 Å². The molecule has 1 atom stereocenters. The van der Waals surface area contributed by atoms with Crippen LogP contribution in [0.25, 0.3) is 0 Å². The van der Waals surface area contributed by atoms with Crippen molar-refractivity contribution in [3.05, 3.63) is 0 Å². The molecule has 1 N–H and O–H groups in total. The second-order valence-corrected chi connectivity index (χ2v) is 7.64. The number of nitrogens with one attached hydrogen (secondary N) is 1. The molecule has 1 rings (SSSR count). The maximum atomic E-state index is 11.8. The van der Waals surface area contributed by atoms with Gasteiger partial charge in [0, 0.05) is 25.2 Å². The van der Waals surface area contributed by atoms with Crippen molar-refractivity contribution in [2.24, 2.45) is 0 Å². The third-order valence-corrected chi connectivity index (χ3v) is 4.57. The zero-order valence-corrected chi connectivity index (χ0v) is 12.0. The van der Waals surface area contributed by atoms with Gasteiger partial charge in [-0.15, -0.1) is 0 Å². The van der Waals surface area contributed by atoms with Crippen LogP contribution in [-0.4, -0.2) is 56.4 Å². The normalized spacial score (nSPS) is 23.9. The summed E-state index contributed by atoms with van der Waals surface area (Å²) >= 11 is 0. The van der Waals surface area contributed by atoms with Gasteiger partial charge in [-0.1, -0.05) is 0 Å². The summed E-state index contributed by atoms with van der Waals surface area (Å²) in [5.74, 6) is 0.159. The van der Waals surface area contributed by atoms with Gasteiger partial charge in [0.1, 0.15) is 0 Å². The van der Waals surface area contributed by atoms with Crippen LogP contribution in [0.5, 0.6) is 0 Å². The SMILES string of the molecule is CCS(=O)(=O)N1CCO[C@@H](CNC(C)(C)C)C1. The summed E-state index contributed by atoms with van der Waals surface area (Å²) in [6.45, 7) is 10.0. The number of sulfonamides is 1. The predicted octanol–water partition coefficient (Wildman–Crippen LogP) is 0.425. The van der Waals surface area contributed by atoms with Crippen LogP contribution in [-0.2, 0) is 14.8 Å². The Hall–Kier alpha value is -0.170. The van der Waals surface area contributed by atoms with Crippen LogP contribution in [0.15, 0.2) is 0 Å². The Morgan fingerprint density at radius 1 is 1.41 bits per heavy atom. The quantitative estimate of drug-likeness (QED) is 0.800. The monoisotopic (exact) mass is 264 g/mol. The van der Waals surface area contributed by atoms with Gasteiger partial charge in [0.15, 0.2) is 0 Å². The average molecular weight is 264 g/mol. The molecule has 0 aromatic carbocycles. The lowest BCUT2D eigenvalue weighted by atomic mass is 10.1. The minimum absolute atomic E-state index is 0.0231. The molecule has 0 unspecified atom stereocenters. The summed E-state index contributed by atoms with van der Waals surface area (Å²) in [7, 11) is -3.08. The lowest BCUT2D eigenvalue weighted by Gasteiger charge is -2.33. The first-order valence-corrected chi connectivity index (χ1v) is 7.70. The molecule has 1 aliphatic heterocycles. The summed E-state index contributed by atoms with van der Waals surface area (Å²) in [5, 5.41) is 3.34. The molecule has 5 nitrogen and oxygen atoms in total. The summed E-state index contributed by atoms with van der Waals surface area (Å²) < 4.78 is 30.6. The van der Waals surface area contributed by atoms with Gasteiger partial charge < -0.3 is 10.1 Å². The number of morpholine rings is 1. The maximum Gasteiger partial charge on any atom is 0.213 e. The molecule has 6 heteroatoms. The lowest BCUT2D eigenvalue weighted by Crippen LogP contribution is -2.51. The Morgan fingerprint density at radius 3 is 2.59 bits per heavy atom. The molecule has 0 aromatic rings. The first-order chi connectivity index (χ1) is 7.74. The molecule has 102 valence electrons.